The molecule has 0 aliphatic carbocycles. The Kier molecular flexibility index (Phi) is 5.51. The van der Waals surface area contributed by atoms with E-state index in [2.05, 4.69) is 33.2 Å². The molecule has 1 heterocycles. The maximum atomic E-state index is 11.0. The molecule has 2 rings (SSSR count). The predicted octanol–water partition coefficient (Wildman–Crippen LogP) is 2.93. The van der Waals surface area contributed by atoms with E-state index in [9.17, 15) is 10.1 Å². The van der Waals surface area contributed by atoms with Crippen molar-refractivity contribution in [1.29, 1.82) is 0 Å². The maximum Gasteiger partial charge on any atom is 0.283 e. The van der Waals surface area contributed by atoms with Gasteiger partial charge in [0.15, 0.2) is 0 Å². The van der Waals surface area contributed by atoms with Gasteiger partial charge in [-0.05, 0) is 67.0 Å². The molecule has 1 aliphatic heterocycles. The molecule has 6 heteroatoms. The van der Waals surface area contributed by atoms with Crippen molar-refractivity contribution in [3.63, 3.8) is 0 Å². The minimum atomic E-state index is -0.344. The first-order valence-electron chi connectivity index (χ1n) is 6.91. The second-order valence-electron chi connectivity index (χ2n) is 5.29. The quantitative estimate of drug-likeness (QED) is 0.675. The SMILES string of the molecule is CN(Cc1ccc(Br)c([N+](=O)[O-])c1)C1CCCNCC1. The van der Waals surface area contributed by atoms with Crippen molar-refractivity contribution < 1.29 is 4.92 Å². The van der Waals surface area contributed by atoms with Crippen LogP contribution in [-0.4, -0.2) is 36.0 Å². The zero-order chi connectivity index (χ0) is 14.5. The average molecular weight is 342 g/mol. The van der Waals surface area contributed by atoms with Crippen LogP contribution in [0.25, 0.3) is 0 Å². The summed E-state index contributed by atoms with van der Waals surface area (Å²) in [7, 11) is 2.10. The molecular formula is C14H20BrN3O2. The van der Waals surface area contributed by atoms with Gasteiger partial charge in [-0.2, -0.15) is 0 Å². The van der Waals surface area contributed by atoms with Crippen molar-refractivity contribution in [3.05, 3.63) is 38.3 Å². The minimum Gasteiger partial charge on any atom is -0.317 e. The second-order valence-corrected chi connectivity index (χ2v) is 6.15. The largest absolute Gasteiger partial charge is 0.317 e. The van der Waals surface area contributed by atoms with Gasteiger partial charge in [0.05, 0.1) is 9.40 Å². The molecule has 5 nitrogen and oxygen atoms in total. The summed E-state index contributed by atoms with van der Waals surface area (Å²) in [5.41, 5.74) is 1.12. The molecule has 0 bridgehead atoms. The van der Waals surface area contributed by atoms with Gasteiger partial charge in [0.2, 0.25) is 0 Å². The van der Waals surface area contributed by atoms with Gasteiger partial charge in [-0.1, -0.05) is 6.07 Å². The van der Waals surface area contributed by atoms with Gasteiger partial charge >= 0.3 is 0 Å². The molecule has 1 N–H and O–H groups in total. The molecule has 1 aliphatic rings. The molecule has 1 aromatic carbocycles. The smallest absolute Gasteiger partial charge is 0.283 e. The fourth-order valence-electron chi connectivity index (χ4n) is 2.66. The Balaban J connectivity index is 2.05. The van der Waals surface area contributed by atoms with Crippen LogP contribution < -0.4 is 5.32 Å². The Hall–Kier alpha value is -0.980. The summed E-state index contributed by atoms with van der Waals surface area (Å²) in [6.45, 7) is 2.89. The Morgan fingerprint density at radius 3 is 3.00 bits per heavy atom. The molecule has 20 heavy (non-hydrogen) atoms. The molecule has 110 valence electrons. The molecule has 1 fully saturated rings. The number of hydrogen-bond acceptors (Lipinski definition) is 4. The van der Waals surface area contributed by atoms with Crippen LogP contribution >= 0.6 is 15.9 Å². The summed E-state index contributed by atoms with van der Waals surface area (Å²) in [6.07, 6.45) is 3.51. The van der Waals surface area contributed by atoms with Crippen molar-refractivity contribution in [2.75, 3.05) is 20.1 Å². The van der Waals surface area contributed by atoms with E-state index in [1.54, 1.807) is 12.1 Å². The van der Waals surface area contributed by atoms with Gasteiger partial charge in [-0.3, -0.25) is 15.0 Å². The fourth-order valence-corrected chi connectivity index (χ4v) is 3.05. The summed E-state index contributed by atoms with van der Waals surface area (Å²) in [5.74, 6) is 0. The molecule has 0 spiro atoms. The van der Waals surface area contributed by atoms with Crippen LogP contribution in [0.2, 0.25) is 0 Å². The van der Waals surface area contributed by atoms with E-state index in [4.69, 9.17) is 0 Å². The molecule has 0 aromatic heterocycles. The van der Waals surface area contributed by atoms with E-state index >= 15 is 0 Å². The van der Waals surface area contributed by atoms with Crippen LogP contribution in [0.3, 0.4) is 0 Å². The van der Waals surface area contributed by atoms with E-state index in [1.165, 1.54) is 12.8 Å². The van der Waals surface area contributed by atoms with Gasteiger partial charge in [-0.25, -0.2) is 0 Å². The van der Waals surface area contributed by atoms with Crippen LogP contribution in [0, 0.1) is 10.1 Å². The molecule has 1 atom stereocenters. The zero-order valence-electron chi connectivity index (χ0n) is 11.6. The third-order valence-corrected chi connectivity index (χ3v) is 4.48. The van der Waals surface area contributed by atoms with E-state index in [-0.39, 0.29) is 10.6 Å². The van der Waals surface area contributed by atoms with Crippen molar-refractivity contribution in [2.45, 2.75) is 31.8 Å². The Bertz CT molecular complexity index is 473. The van der Waals surface area contributed by atoms with Crippen molar-refractivity contribution in [3.8, 4) is 0 Å². The summed E-state index contributed by atoms with van der Waals surface area (Å²) < 4.78 is 0.535. The lowest BCUT2D eigenvalue weighted by molar-refractivity contribution is -0.385. The Morgan fingerprint density at radius 2 is 2.25 bits per heavy atom. The second kappa shape index (κ2) is 7.15. The summed E-state index contributed by atoms with van der Waals surface area (Å²) in [4.78, 5) is 12.9. The molecule has 0 radical (unpaired) electrons. The third kappa shape index (κ3) is 4.01. The predicted molar refractivity (Wildman–Crippen MR) is 82.8 cm³/mol. The van der Waals surface area contributed by atoms with Crippen LogP contribution in [0.5, 0.6) is 0 Å². The number of nitro benzene ring substituents is 1. The highest BCUT2D eigenvalue weighted by Crippen LogP contribution is 2.26. The Labute approximate surface area is 127 Å². The normalized spacial score (nSPS) is 19.9. The van der Waals surface area contributed by atoms with Gasteiger partial charge in [-0.15, -0.1) is 0 Å². The molecule has 1 saturated heterocycles. The zero-order valence-corrected chi connectivity index (χ0v) is 13.2. The fraction of sp³-hybridized carbons (Fsp3) is 0.571. The van der Waals surface area contributed by atoms with Gasteiger partial charge in [0.1, 0.15) is 0 Å². The average Bonchev–Trinajstić information content (AvgIpc) is 2.69. The molecule has 1 aromatic rings. The summed E-state index contributed by atoms with van der Waals surface area (Å²) in [6, 6.07) is 5.92. The van der Waals surface area contributed by atoms with Crippen molar-refractivity contribution in [2.24, 2.45) is 0 Å². The van der Waals surface area contributed by atoms with Crippen LogP contribution in [0.1, 0.15) is 24.8 Å². The number of nitrogens with zero attached hydrogens (tertiary/aromatic N) is 2. The first-order valence-corrected chi connectivity index (χ1v) is 7.71. The lowest BCUT2D eigenvalue weighted by atomic mass is 10.1. The molecule has 0 saturated carbocycles. The van der Waals surface area contributed by atoms with Gasteiger partial charge in [0, 0.05) is 18.7 Å². The van der Waals surface area contributed by atoms with E-state index in [0.717, 1.165) is 31.6 Å². The Morgan fingerprint density at radius 1 is 1.45 bits per heavy atom. The molecule has 1 unspecified atom stereocenters. The van der Waals surface area contributed by atoms with Crippen LogP contribution in [0.4, 0.5) is 5.69 Å². The highest BCUT2D eigenvalue weighted by Gasteiger charge is 2.18. The van der Waals surface area contributed by atoms with Gasteiger partial charge < -0.3 is 5.32 Å². The maximum absolute atomic E-state index is 11.0. The summed E-state index contributed by atoms with van der Waals surface area (Å²) >= 11 is 3.22. The van der Waals surface area contributed by atoms with Crippen LogP contribution in [0.15, 0.2) is 22.7 Å². The lowest BCUT2D eigenvalue weighted by Crippen LogP contribution is -2.32. The van der Waals surface area contributed by atoms with E-state index in [1.807, 2.05) is 6.07 Å². The standard InChI is InChI=1S/C14H20BrN3O2/c1-17(12-3-2-7-16-8-6-12)10-11-4-5-13(15)14(9-11)18(19)20/h4-5,9,12,16H,2-3,6-8,10H2,1H3. The van der Waals surface area contributed by atoms with Crippen molar-refractivity contribution >= 4 is 21.6 Å². The third-order valence-electron chi connectivity index (χ3n) is 3.81. The topological polar surface area (TPSA) is 58.4 Å². The highest BCUT2D eigenvalue weighted by atomic mass is 79.9. The molecular weight excluding hydrogens is 322 g/mol. The van der Waals surface area contributed by atoms with Crippen LogP contribution in [-0.2, 0) is 6.54 Å². The number of halogens is 1. The van der Waals surface area contributed by atoms with E-state index < -0.39 is 0 Å². The number of nitrogens with one attached hydrogen (secondary N) is 1. The summed E-state index contributed by atoms with van der Waals surface area (Å²) in [5, 5.41) is 14.4. The molecule has 0 amide bonds. The number of rotatable bonds is 4. The number of nitro groups is 1. The minimum absolute atomic E-state index is 0.137. The number of benzene rings is 1. The lowest BCUT2D eigenvalue weighted by Gasteiger charge is -2.26. The number of hydrogen-bond donors (Lipinski definition) is 1. The van der Waals surface area contributed by atoms with E-state index in [0.29, 0.717) is 10.5 Å². The highest BCUT2D eigenvalue weighted by molar-refractivity contribution is 9.10. The van der Waals surface area contributed by atoms with Crippen molar-refractivity contribution in [1.82, 2.24) is 10.2 Å². The monoisotopic (exact) mass is 341 g/mol. The first kappa shape index (κ1) is 15.4. The first-order chi connectivity index (χ1) is 9.58. The van der Waals surface area contributed by atoms with Gasteiger partial charge in [0.25, 0.3) is 5.69 Å².